The van der Waals surface area contributed by atoms with Gasteiger partial charge in [0, 0.05) is 51.4 Å². The van der Waals surface area contributed by atoms with Crippen LogP contribution in [0.25, 0.3) is 0 Å². The molecule has 3 rings (SSSR count). The fourth-order valence-electron chi connectivity index (χ4n) is 3.33. The third-order valence-corrected chi connectivity index (χ3v) is 6.10. The second-order valence-corrected chi connectivity index (χ2v) is 8.94. The van der Waals surface area contributed by atoms with Gasteiger partial charge in [0.25, 0.3) is 0 Å². The molecule has 0 aliphatic carbocycles. The van der Waals surface area contributed by atoms with Gasteiger partial charge in [0.2, 0.25) is 15.9 Å². The van der Waals surface area contributed by atoms with E-state index in [1.54, 1.807) is 12.1 Å². The number of primary sulfonamides is 1. The van der Waals surface area contributed by atoms with E-state index in [1.165, 1.54) is 23.4 Å². The molecular formula is C21H28N4O3S. The molecule has 7 nitrogen and oxygen atoms in total. The van der Waals surface area contributed by atoms with Crippen LogP contribution in [0.4, 0.5) is 5.69 Å². The molecule has 0 aromatic heterocycles. The maximum absolute atomic E-state index is 12.1. The lowest BCUT2D eigenvalue weighted by atomic mass is 10.2. The molecule has 8 heteroatoms. The van der Waals surface area contributed by atoms with Gasteiger partial charge in [-0.05, 0) is 36.8 Å². The van der Waals surface area contributed by atoms with Crippen LogP contribution in [0.3, 0.4) is 0 Å². The van der Waals surface area contributed by atoms with Gasteiger partial charge in [0.1, 0.15) is 0 Å². The quantitative estimate of drug-likeness (QED) is 0.713. The summed E-state index contributed by atoms with van der Waals surface area (Å²) in [6.07, 6.45) is 0.444. The van der Waals surface area contributed by atoms with Gasteiger partial charge in [-0.1, -0.05) is 29.8 Å². The van der Waals surface area contributed by atoms with E-state index in [0.29, 0.717) is 13.0 Å². The zero-order valence-electron chi connectivity index (χ0n) is 16.7. The summed E-state index contributed by atoms with van der Waals surface area (Å²) in [7, 11) is -3.69. The van der Waals surface area contributed by atoms with E-state index in [4.69, 9.17) is 5.14 Å². The summed E-state index contributed by atoms with van der Waals surface area (Å²) in [5, 5.41) is 7.96. The Morgan fingerprint density at radius 1 is 1.00 bits per heavy atom. The number of hydrogen-bond donors (Lipinski definition) is 2. The number of hydrogen-bond acceptors (Lipinski definition) is 5. The molecule has 29 heavy (non-hydrogen) atoms. The van der Waals surface area contributed by atoms with Crippen LogP contribution in [0.5, 0.6) is 0 Å². The van der Waals surface area contributed by atoms with Gasteiger partial charge in [0.15, 0.2) is 0 Å². The normalized spacial score (nSPS) is 15.3. The standard InChI is InChI=1S/C21H28N4O3S/c1-17-2-6-19(7-3-17)25-14-12-24(13-15-25)11-10-21(26)23-16-18-4-8-20(9-5-18)29(22,27)28/h2-9H,10-16H2,1H3,(H,23,26)(H2,22,27,28). The first-order valence-corrected chi connectivity index (χ1v) is 11.3. The van der Waals surface area contributed by atoms with Crippen molar-refractivity contribution in [2.75, 3.05) is 37.6 Å². The minimum atomic E-state index is -3.69. The number of aryl methyl sites for hydroxylation is 1. The molecule has 0 spiro atoms. The van der Waals surface area contributed by atoms with E-state index in [0.717, 1.165) is 38.3 Å². The minimum absolute atomic E-state index is 0.0125. The summed E-state index contributed by atoms with van der Waals surface area (Å²) in [4.78, 5) is 16.9. The summed E-state index contributed by atoms with van der Waals surface area (Å²) in [5.74, 6) is -0.0125. The molecule has 0 saturated carbocycles. The maximum Gasteiger partial charge on any atom is 0.238 e. The first-order valence-electron chi connectivity index (χ1n) is 9.74. The molecule has 0 bridgehead atoms. The van der Waals surface area contributed by atoms with Crippen molar-refractivity contribution in [3.63, 3.8) is 0 Å². The van der Waals surface area contributed by atoms with Crippen molar-refractivity contribution in [3.8, 4) is 0 Å². The zero-order valence-corrected chi connectivity index (χ0v) is 17.5. The molecule has 3 N–H and O–H groups in total. The fraction of sp³-hybridized carbons (Fsp3) is 0.381. The van der Waals surface area contributed by atoms with Crippen LogP contribution < -0.4 is 15.4 Å². The number of piperazine rings is 1. The largest absolute Gasteiger partial charge is 0.369 e. The number of benzene rings is 2. The molecule has 0 atom stereocenters. The highest BCUT2D eigenvalue weighted by molar-refractivity contribution is 7.89. The van der Waals surface area contributed by atoms with Crippen LogP contribution in [0.1, 0.15) is 17.5 Å². The van der Waals surface area contributed by atoms with E-state index in [-0.39, 0.29) is 10.8 Å². The first kappa shape index (κ1) is 21.3. The lowest BCUT2D eigenvalue weighted by Gasteiger charge is -2.36. The molecular weight excluding hydrogens is 388 g/mol. The number of sulfonamides is 1. The highest BCUT2D eigenvalue weighted by atomic mass is 32.2. The lowest BCUT2D eigenvalue weighted by molar-refractivity contribution is -0.121. The summed E-state index contributed by atoms with van der Waals surface area (Å²) in [6, 6.07) is 14.8. The van der Waals surface area contributed by atoms with Crippen LogP contribution in [-0.2, 0) is 21.4 Å². The van der Waals surface area contributed by atoms with Crippen LogP contribution in [0.15, 0.2) is 53.4 Å². The summed E-state index contributed by atoms with van der Waals surface area (Å²) in [5.41, 5.74) is 3.35. The molecule has 156 valence electrons. The number of carbonyl (C=O) groups excluding carboxylic acids is 1. The Bertz CT molecular complexity index is 919. The summed E-state index contributed by atoms with van der Waals surface area (Å²) < 4.78 is 22.5. The Morgan fingerprint density at radius 3 is 2.21 bits per heavy atom. The number of anilines is 1. The number of nitrogens with two attached hydrogens (primary N) is 1. The highest BCUT2D eigenvalue weighted by Crippen LogP contribution is 2.17. The molecule has 0 unspecified atom stereocenters. The van der Waals surface area contributed by atoms with Gasteiger partial charge < -0.3 is 10.2 Å². The van der Waals surface area contributed by atoms with Gasteiger partial charge in [-0.25, -0.2) is 13.6 Å². The maximum atomic E-state index is 12.1. The van der Waals surface area contributed by atoms with E-state index >= 15 is 0 Å². The Hall–Kier alpha value is -2.42. The molecule has 1 fully saturated rings. The Morgan fingerprint density at radius 2 is 1.62 bits per heavy atom. The van der Waals surface area contributed by atoms with Crippen molar-refractivity contribution in [1.29, 1.82) is 0 Å². The highest BCUT2D eigenvalue weighted by Gasteiger charge is 2.17. The molecule has 1 heterocycles. The van der Waals surface area contributed by atoms with Crippen LogP contribution in [0, 0.1) is 6.92 Å². The van der Waals surface area contributed by atoms with Gasteiger partial charge in [-0.3, -0.25) is 9.69 Å². The van der Waals surface area contributed by atoms with E-state index < -0.39 is 10.0 Å². The zero-order chi connectivity index (χ0) is 20.9. The van der Waals surface area contributed by atoms with E-state index in [1.807, 2.05) is 0 Å². The molecule has 1 aliphatic rings. The molecule has 1 aliphatic heterocycles. The third kappa shape index (κ3) is 6.28. The van der Waals surface area contributed by atoms with Gasteiger partial charge in [-0.2, -0.15) is 0 Å². The minimum Gasteiger partial charge on any atom is -0.369 e. The summed E-state index contributed by atoms with van der Waals surface area (Å²) >= 11 is 0. The van der Waals surface area contributed by atoms with Crippen molar-refractivity contribution in [2.45, 2.75) is 24.8 Å². The molecule has 0 radical (unpaired) electrons. The number of carbonyl (C=O) groups is 1. The average Bonchev–Trinajstić information content (AvgIpc) is 2.71. The van der Waals surface area contributed by atoms with Gasteiger partial charge in [0.05, 0.1) is 4.90 Å². The second kappa shape index (κ2) is 9.39. The molecule has 1 amide bonds. The monoisotopic (exact) mass is 416 g/mol. The molecule has 2 aromatic rings. The van der Waals surface area contributed by atoms with Gasteiger partial charge in [-0.15, -0.1) is 0 Å². The Kier molecular flexibility index (Phi) is 6.89. The number of nitrogens with one attached hydrogen (secondary N) is 1. The van der Waals surface area contributed by atoms with Crippen molar-refractivity contribution in [2.24, 2.45) is 5.14 Å². The predicted molar refractivity (Wildman–Crippen MR) is 114 cm³/mol. The molecule has 1 saturated heterocycles. The van der Waals surface area contributed by atoms with E-state index in [2.05, 4.69) is 46.3 Å². The lowest BCUT2D eigenvalue weighted by Crippen LogP contribution is -2.47. The van der Waals surface area contributed by atoms with Crippen molar-refractivity contribution >= 4 is 21.6 Å². The second-order valence-electron chi connectivity index (χ2n) is 7.38. The Balaban J connectivity index is 1.37. The smallest absolute Gasteiger partial charge is 0.238 e. The van der Waals surface area contributed by atoms with Crippen molar-refractivity contribution < 1.29 is 13.2 Å². The fourth-order valence-corrected chi connectivity index (χ4v) is 3.85. The predicted octanol–water partition coefficient (Wildman–Crippen LogP) is 1.47. The van der Waals surface area contributed by atoms with Crippen LogP contribution in [-0.4, -0.2) is 51.9 Å². The first-order chi connectivity index (χ1) is 13.8. The SMILES string of the molecule is Cc1ccc(N2CCN(CCC(=O)NCc3ccc(S(N)(=O)=O)cc3)CC2)cc1. The van der Waals surface area contributed by atoms with Gasteiger partial charge >= 0.3 is 0 Å². The third-order valence-electron chi connectivity index (χ3n) is 5.17. The topological polar surface area (TPSA) is 95.7 Å². The van der Waals surface area contributed by atoms with Crippen molar-refractivity contribution in [1.82, 2.24) is 10.2 Å². The number of amides is 1. The average molecular weight is 417 g/mol. The van der Waals surface area contributed by atoms with Crippen molar-refractivity contribution in [3.05, 3.63) is 59.7 Å². The van der Waals surface area contributed by atoms with E-state index in [9.17, 15) is 13.2 Å². The molecule has 2 aromatic carbocycles. The Labute approximate surface area is 172 Å². The van der Waals surface area contributed by atoms with Crippen LogP contribution >= 0.6 is 0 Å². The van der Waals surface area contributed by atoms with Crippen LogP contribution in [0.2, 0.25) is 0 Å². The summed E-state index contributed by atoms with van der Waals surface area (Å²) in [6.45, 7) is 6.99. The number of nitrogens with zero attached hydrogens (tertiary/aromatic N) is 2. The number of rotatable bonds is 7.